The summed E-state index contributed by atoms with van der Waals surface area (Å²) in [5.41, 5.74) is 0.785. The minimum absolute atomic E-state index is 0.211. The molecule has 3 nitrogen and oxygen atoms in total. The van der Waals surface area contributed by atoms with Crippen molar-refractivity contribution in [3.8, 4) is 0 Å². The van der Waals surface area contributed by atoms with Gasteiger partial charge in [-0.1, -0.05) is 36.2 Å². The van der Waals surface area contributed by atoms with Crippen LogP contribution in [0.15, 0.2) is 18.2 Å². The van der Waals surface area contributed by atoms with E-state index < -0.39 is 15.1 Å². The summed E-state index contributed by atoms with van der Waals surface area (Å²) in [6, 6.07) is 5.09. The maximum Gasteiger partial charge on any atom is 0.151 e. The lowest BCUT2D eigenvalue weighted by Crippen LogP contribution is -2.43. The van der Waals surface area contributed by atoms with Crippen LogP contribution in [0.25, 0.3) is 0 Å². The molecule has 0 aromatic heterocycles. The van der Waals surface area contributed by atoms with Crippen molar-refractivity contribution in [1.29, 1.82) is 0 Å². The fourth-order valence-corrected chi connectivity index (χ4v) is 3.25. The second kappa shape index (κ2) is 6.93. The zero-order chi connectivity index (χ0) is 14.6. The van der Waals surface area contributed by atoms with Gasteiger partial charge in [0.1, 0.15) is 0 Å². The van der Waals surface area contributed by atoms with E-state index in [4.69, 9.17) is 23.2 Å². The third-order valence-electron chi connectivity index (χ3n) is 3.19. The SMILES string of the molecule is CCNC(Cc1c(Cl)cccc1Cl)C(C)S(C)(=O)=O. The van der Waals surface area contributed by atoms with Gasteiger partial charge in [0, 0.05) is 22.3 Å². The molecule has 19 heavy (non-hydrogen) atoms. The van der Waals surface area contributed by atoms with Crippen LogP contribution in [-0.4, -0.2) is 32.5 Å². The van der Waals surface area contributed by atoms with Crippen LogP contribution in [0.2, 0.25) is 10.0 Å². The molecule has 0 radical (unpaired) electrons. The Hall–Kier alpha value is -0.290. The number of halogens is 2. The molecule has 1 aromatic rings. The Kier molecular flexibility index (Phi) is 6.12. The summed E-state index contributed by atoms with van der Waals surface area (Å²) in [5, 5.41) is 3.83. The van der Waals surface area contributed by atoms with Gasteiger partial charge in [0.2, 0.25) is 0 Å². The van der Waals surface area contributed by atoms with E-state index in [9.17, 15) is 8.42 Å². The Bertz CT molecular complexity index is 511. The Morgan fingerprint density at radius 3 is 2.21 bits per heavy atom. The average Bonchev–Trinajstić information content (AvgIpc) is 2.30. The third kappa shape index (κ3) is 4.63. The maximum atomic E-state index is 11.7. The van der Waals surface area contributed by atoms with Gasteiger partial charge in [-0.2, -0.15) is 0 Å². The molecule has 6 heteroatoms. The molecule has 0 fully saturated rings. The Labute approximate surface area is 125 Å². The highest BCUT2D eigenvalue weighted by Crippen LogP contribution is 2.26. The number of hydrogen-bond acceptors (Lipinski definition) is 3. The quantitative estimate of drug-likeness (QED) is 0.875. The maximum absolute atomic E-state index is 11.7. The Balaban J connectivity index is 3.03. The van der Waals surface area contributed by atoms with Crippen LogP contribution in [-0.2, 0) is 16.3 Å². The summed E-state index contributed by atoms with van der Waals surface area (Å²) >= 11 is 12.3. The summed E-state index contributed by atoms with van der Waals surface area (Å²) in [7, 11) is -3.12. The second-order valence-electron chi connectivity index (χ2n) is 4.60. The summed E-state index contributed by atoms with van der Waals surface area (Å²) in [6.07, 6.45) is 1.73. The molecule has 1 N–H and O–H groups in total. The van der Waals surface area contributed by atoms with Crippen molar-refractivity contribution >= 4 is 33.0 Å². The molecule has 0 aliphatic carbocycles. The van der Waals surface area contributed by atoms with Crippen LogP contribution in [0.4, 0.5) is 0 Å². The number of benzene rings is 1. The lowest BCUT2D eigenvalue weighted by atomic mass is 10.0. The fraction of sp³-hybridized carbons (Fsp3) is 0.538. The average molecular weight is 324 g/mol. The summed E-state index contributed by atoms with van der Waals surface area (Å²) in [5.74, 6) is 0. The van der Waals surface area contributed by atoms with E-state index >= 15 is 0 Å². The van der Waals surface area contributed by atoms with Gasteiger partial charge < -0.3 is 5.32 Å². The van der Waals surface area contributed by atoms with Crippen molar-refractivity contribution in [2.24, 2.45) is 0 Å². The van der Waals surface area contributed by atoms with Gasteiger partial charge in [-0.25, -0.2) is 8.42 Å². The molecular formula is C13H19Cl2NO2S. The minimum Gasteiger partial charge on any atom is -0.313 e. The van der Waals surface area contributed by atoms with Crippen molar-refractivity contribution in [3.63, 3.8) is 0 Å². The Morgan fingerprint density at radius 2 is 1.79 bits per heavy atom. The van der Waals surface area contributed by atoms with E-state index in [1.807, 2.05) is 6.92 Å². The van der Waals surface area contributed by atoms with Gasteiger partial charge in [-0.05, 0) is 37.6 Å². The zero-order valence-electron chi connectivity index (χ0n) is 11.3. The van der Waals surface area contributed by atoms with Crippen LogP contribution in [0.1, 0.15) is 19.4 Å². The van der Waals surface area contributed by atoms with E-state index in [2.05, 4.69) is 5.32 Å². The molecule has 2 atom stereocenters. The first-order valence-corrected chi connectivity index (χ1v) is 8.83. The van der Waals surface area contributed by atoms with Crippen LogP contribution >= 0.6 is 23.2 Å². The van der Waals surface area contributed by atoms with E-state index in [-0.39, 0.29) is 6.04 Å². The minimum atomic E-state index is -3.12. The number of nitrogens with one attached hydrogen (secondary N) is 1. The van der Waals surface area contributed by atoms with E-state index in [1.165, 1.54) is 6.26 Å². The first kappa shape index (κ1) is 16.8. The number of sulfone groups is 1. The topological polar surface area (TPSA) is 46.2 Å². The molecule has 0 aliphatic heterocycles. The Morgan fingerprint density at radius 1 is 1.26 bits per heavy atom. The highest BCUT2D eigenvalue weighted by Gasteiger charge is 2.26. The lowest BCUT2D eigenvalue weighted by Gasteiger charge is -2.24. The van der Waals surface area contributed by atoms with Crippen LogP contribution in [0, 0.1) is 0 Å². The van der Waals surface area contributed by atoms with E-state index in [1.54, 1.807) is 25.1 Å². The van der Waals surface area contributed by atoms with Gasteiger partial charge in [-0.3, -0.25) is 0 Å². The smallest absolute Gasteiger partial charge is 0.151 e. The van der Waals surface area contributed by atoms with Crippen molar-refractivity contribution < 1.29 is 8.42 Å². The van der Waals surface area contributed by atoms with Crippen molar-refractivity contribution in [1.82, 2.24) is 5.32 Å². The standard InChI is InChI=1S/C13H19Cl2NO2S/c1-4-16-13(9(2)19(3,17)18)8-10-11(14)6-5-7-12(10)15/h5-7,9,13,16H,4,8H2,1-3H3. The van der Waals surface area contributed by atoms with Crippen molar-refractivity contribution in [3.05, 3.63) is 33.8 Å². The van der Waals surface area contributed by atoms with Crippen LogP contribution in [0.5, 0.6) is 0 Å². The van der Waals surface area contributed by atoms with E-state index in [0.29, 0.717) is 23.0 Å². The molecule has 0 amide bonds. The second-order valence-corrected chi connectivity index (χ2v) is 7.82. The highest BCUT2D eigenvalue weighted by molar-refractivity contribution is 7.91. The largest absolute Gasteiger partial charge is 0.313 e. The van der Waals surface area contributed by atoms with Gasteiger partial charge in [-0.15, -0.1) is 0 Å². The summed E-state index contributed by atoms with van der Waals surface area (Å²) in [6.45, 7) is 4.33. The van der Waals surface area contributed by atoms with Gasteiger partial charge in [0.05, 0.1) is 5.25 Å². The molecule has 0 saturated carbocycles. The monoisotopic (exact) mass is 323 g/mol. The first-order valence-electron chi connectivity index (χ1n) is 6.12. The first-order chi connectivity index (χ1) is 8.77. The number of rotatable bonds is 6. The molecule has 1 rings (SSSR count). The predicted molar refractivity (Wildman–Crippen MR) is 81.9 cm³/mol. The molecule has 108 valence electrons. The normalized spacial score (nSPS) is 15.2. The molecule has 0 bridgehead atoms. The molecule has 1 aromatic carbocycles. The molecule has 0 saturated heterocycles. The molecular weight excluding hydrogens is 305 g/mol. The van der Waals surface area contributed by atoms with Gasteiger partial charge in [0.25, 0.3) is 0 Å². The van der Waals surface area contributed by atoms with Crippen LogP contribution < -0.4 is 5.32 Å². The zero-order valence-corrected chi connectivity index (χ0v) is 13.6. The van der Waals surface area contributed by atoms with Crippen LogP contribution in [0.3, 0.4) is 0 Å². The number of hydrogen-bond donors (Lipinski definition) is 1. The summed E-state index contributed by atoms with van der Waals surface area (Å²) < 4.78 is 23.4. The predicted octanol–water partition coefficient (Wildman–Crippen LogP) is 2.95. The van der Waals surface area contributed by atoms with Crippen molar-refractivity contribution in [2.45, 2.75) is 31.6 Å². The number of likely N-dealkylation sites (N-methyl/N-ethyl adjacent to an activating group) is 1. The summed E-state index contributed by atoms with van der Waals surface area (Å²) in [4.78, 5) is 0. The molecule has 0 aliphatic rings. The van der Waals surface area contributed by atoms with Gasteiger partial charge in [0.15, 0.2) is 9.84 Å². The van der Waals surface area contributed by atoms with E-state index in [0.717, 1.165) is 5.56 Å². The van der Waals surface area contributed by atoms with Gasteiger partial charge >= 0.3 is 0 Å². The molecule has 0 heterocycles. The fourth-order valence-electron chi connectivity index (χ4n) is 1.91. The highest BCUT2D eigenvalue weighted by atomic mass is 35.5. The molecule has 2 unspecified atom stereocenters. The van der Waals surface area contributed by atoms with Crippen molar-refractivity contribution in [2.75, 3.05) is 12.8 Å². The molecule has 0 spiro atoms. The third-order valence-corrected chi connectivity index (χ3v) is 5.58. The lowest BCUT2D eigenvalue weighted by molar-refractivity contribution is 0.494.